The number of ether oxygens (including phenoxy) is 1. The quantitative estimate of drug-likeness (QED) is 0.566. The first-order valence-corrected chi connectivity index (χ1v) is 9.22. The van der Waals surface area contributed by atoms with Crippen LogP contribution < -0.4 is 10.3 Å². The second-order valence-corrected chi connectivity index (χ2v) is 7.04. The molecule has 3 aromatic heterocycles. The van der Waals surface area contributed by atoms with E-state index in [1.54, 1.807) is 18.0 Å². The SMILES string of the molecule is COc1ccccc1Cn1cc(-c2[nH]c3c(C#N)cnn3c(=O)c2C(C)C)cn1. The van der Waals surface area contributed by atoms with Crippen LogP contribution in [0.5, 0.6) is 5.75 Å². The first kappa shape index (κ1) is 18.5. The Hall–Kier alpha value is -3.86. The molecule has 4 rings (SSSR count). The van der Waals surface area contributed by atoms with Gasteiger partial charge in [-0.25, -0.2) is 0 Å². The van der Waals surface area contributed by atoms with Gasteiger partial charge in [0.1, 0.15) is 17.4 Å². The van der Waals surface area contributed by atoms with E-state index in [0.29, 0.717) is 29.0 Å². The highest BCUT2D eigenvalue weighted by atomic mass is 16.5. The van der Waals surface area contributed by atoms with Gasteiger partial charge in [0.15, 0.2) is 5.65 Å². The van der Waals surface area contributed by atoms with E-state index in [0.717, 1.165) is 16.9 Å². The van der Waals surface area contributed by atoms with E-state index in [1.807, 2.05) is 44.3 Å². The minimum Gasteiger partial charge on any atom is -0.496 e. The number of para-hydroxylation sites is 1. The number of nitrogens with zero attached hydrogens (tertiary/aromatic N) is 5. The number of aromatic nitrogens is 5. The fourth-order valence-electron chi connectivity index (χ4n) is 3.46. The van der Waals surface area contributed by atoms with Crippen molar-refractivity contribution < 1.29 is 4.74 Å². The van der Waals surface area contributed by atoms with Crippen LogP contribution in [0.1, 0.15) is 36.5 Å². The van der Waals surface area contributed by atoms with Crippen molar-refractivity contribution in [1.29, 1.82) is 5.26 Å². The second-order valence-electron chi connectivity index (χ2n) is 7.04. The van der Waals surface area contributed by atoms with E-state index >= 15 is 0 Å². The van der Waals surface area contributed by atoms with Crippen LogP contribution >= 0.6 is 0 Å². The Morgan fingerprint density at radius 2 is 2.03 bits per heavy atom. The van der Waals surface area contributed by atoms with Crippen LogP contribution in [0.25, 0.3) is 16.9 Å². The number of rotatable bonds is 5. The fraction of sp³-hybridized carbons (Fsp3) is 0.238. The molecule has 0 saturated heterocycles. The van der Waals surface area contributed by atoms with Gasteiger partial charge >= 0.3 is 0 Å². The Balaban J connectivity index is 1.82. The van der Waals surface area contributed by atoms with Crippen LogP contribution in [-0.4, -0.2) is 31.5 Å². The molecule has 0 radical (unpaired) electrons. The molecule has 0 fully saturated rings. The summed E-state index contributed by atoms with van der Waals surface area (Å²) in [5.41, 5.74) is 3.49. The van der Waals surface area contributed by atoms with Crippen molar-refractivity contribution >= 4 is 5.65 Å². The molecule has 0 bridgehead atoms. The van der Waals surface area contributed by atoms with Gasteiger partial charge in [0.05, 0.1) is 31.7 Å². The molecule has 3 heterocycles. The smallest absolute Gasteiger partial charge is 0.278 e. The molecule has 0 aliphatic rings. The van der Waals surface area contributed by atoms with Gasteiger partial charge in [-0.05, 0) is 12.0 Å². The molecule has 0 spiro atoms. The summed E-state index contributed by atoms with van der Waals surface area (Å²) in [6.07, 6.45) is 4.99. The number of fused-ring (bicyclic) bond motifs is 1. The predicted molar refractivity (Wildman–Crippen MR) is 108 cm³/mol. The van der Waals surface area contributed by atoms with Crippen molar-refractivity contribution in [3.8, 4) is 23.1 Å². The summed E-state index contributed by atoms with van der Waals surface area (Å²) in [5.74, 6) is 0.755. The zero-order valence-corrected chi connectivity index (χ0v) is 16.4. The van der Waals surface area contributed by atoms with Gasteiger partial charge in [0.2, 0.25) is 0 Å². The van der Waals surface area contributed by atoms with Crippen molar-refractivity contribution in [3.63, 3.8) is 0 Å². The Kier molecular flexibility index (Phi) is 4.64. The van der Waals surface area contributed by atoms with Gasteiger partial charge in [-0.1, -0.05) is 32.0 Å². The Morgan fingerprint density at radius 3 is 2.76 bits per heavy atom. The maximum absolute atomic E-state index is 13.0. The number of hydrogen-bond donors (Lipinski definition) is 1. The molecule has 1 N–H and O–H groups in total. The first-order valence-electron chi connectivity index (χ1n) is 9.22. The molecule has 0 amide bonds. The van der Waals surface area contributed by atoms with E-state index in [4.69, 9.17) is 4.74 Å². The predicted octanol–water partition coefficient (Wildman–Crippen LogP) is 2.94. The lowest BCUT2D eigenvalue weighted by Crippen LogP contribution is -2.22. The molecule has 8 heteroatoms. The molecule has 4 aromatic rings. The zero-order chi connectivity index (χ0) is 20.5. The van der Waals surface area contributed by atoms with Crippen LogP contribution in [0, 0.1) is 11.3 Å². The van der Waals surface area contributed by atoms with E-state index in [2.05, 4.69) is 21.3 Å². The van der Waals surface area contributed by atoms with Crippen LogP contribution in [-0.2, 0) is 6.54 Å². The molecule has 8 nitrogen and oxygen atoms in total. The van der Waals surface area contributed by atoms with Gasteiger partial charge in [0.25, 0.3) is 5.56 Å². The average Bonchev–Trinajstić information content (AvgIpc) is 3.34. The standard InChI is InChI=1S/C21H20N6O2/c1-13(2)18-19(25-20-15(8-22)9-24-27(20)21(18)28)16-10-23-26(12-16)11-14-6-4-5-7-17(14)29-3/h4-7,9-10,12-13,25H,11H2,1-3H3. The number of hydrogen-bond acceptors (Lipinski definition) is 5. The van der Waals surface area contributed by atoms with E-state index in [1.165, 1.54) is 10.7 Å². The third kappa shape index (κ3) is 3.17. The minimum absolute atomic E-state index is 0.0366. The molecular formula is C21H20N6O2. The monoisotopic (exact) mass is 388 g/mol. The first-order chi connectivity index (χ1) is 14.0. The summed E-state index contributed by atoms with van der Waals surface area (Å²) in [6, 6.07) is 9.83. The summed E-state index contributed by atoms with van der Waals surface area (Å²) in [4.78, 5) is 16.2. The van der Waals surface area contributed by atoms with Crippen LogP contribution in [0.4, 0.5) is 0 Å². The molecule has 0 aliphatic carbocycles. The van der Waals surface area contributed by atoms with E-state index < -0.39 is 0 Å². The topological polar surface area (TPSA) is 101 Å². The van der Waals surface area contributed by atoms with Crippen LogP contribution in [0.15, 0.2) is 47.7 Å². The van der Waals surface area contributed by atoms with Gasteiger partial charge in [-0.3, -0.25) is 9.48 Å². The van der Waals surface area contributed by atoms with Crippen molar-refractivity contribution in [3.05, 3.63) is 69.9 Å². The van der Waals surface area contributed by atoms with Crippen LogP contribution in [0.2, 0.25) is 0 Å². The highest BCUT2D eigenvalue weighted by Gasteiger charge is 2.20. The number of methoxy groups -OCH3 is 1. The highest BCUT2D eigenvalue weighted by Crippen LogP contribution is 2.26. The number of aromatic amines is 1. The van der Waals surface area contributed by atoms with Crippen molar-refractivity contribution in [1.82, 2.24) is 24.4 Å². The number of nitriles is 1. The fourth-order valence-corrected chi connectivity index (χ4v) is 3.46. The van der Waals surface area contributed by atoms with E-state index in [9.17, 15) is 10.1 Å². The van der Waals surface area contributed by atoms with Gasteiger partial charge in [0, 0.05) is 22.9 Å². The summed E-state index contributed by atoms with van der Waals surface area (Å²) in [6.45, 7) is 4.44. The summed E-state index contributed by atoms with van der Waals surface area (Å²) < 4.78 is 8.45. The lowest BCUT2D eigenvalue weighted by atomic mass is 10.00. The molecule has 0 aliphatic heterocycles. The Bertz CT molecular complexity index is 1290. The number of H-pyrrole nitrogens is 1. The molecule has 146 valence electrons. The minimum atomic E-state index is -0.234. The van der Waals surface area contributed by atoms with Crippen molar-refractivity contribution in [2.24, 2.45) is 0 Å². The molecule has 1 aromatic carbocycles. The molecule has 0 saturated carbocycles. The molecule has 0 atom stereocenters. The Morgan fingerprint density at radius 1 is 1.24 bits per heavy atom. The average molecular weight is 388 g/mol. The highest BCUT2D eigenvalue weighted by molar-refractivity contribution is 5.67. The maximum Gasteiger partial charge on any atom is 0.278 e. The van der Waals surface area contributed by atoms with Crippen molar-refractivity contribution in [2.75, 3.05) is 7.11 Å². The molecule has 29 heavy (non-hydrogen) atoms. The second kappa shape index (κ2) is 7.28. The lowest BCUT2D eigenvalue weighted by Gasteiger charge is -2.11. The largest absolute Gasteiger partial charge is 0.496 e. The van der Waals surface area contributed by atoms with Gasteiger partial charge in [-0.15, -0.1) is 0 Å². The normalized spacial score (nSPS) is 11.1. The number of nitrogens with one attached hydrogen (secondary N) is 1. The van der Waals surface area contributed by atoms with Gasteiger partial charge in [-0.2, -0.15) is 20.0 Å². The van der Waals surface area contributed by atoms with E-state index in [-0.39, 0.29) is 11.5 Å². The maximum atomic E-state index is 13.0. The summed E-state index contributed by atoms with van der Waals surface area (Å²) in [5, 5.41) is 17.8. The van der Waals surface area contributed by atoms with Crippen LogP contribution in [0.3, 0.4) is 0 Å². The summed E-state index contributed by atoms with van der Waals surface area (Å²) in [7, 11) is 1.64. The third-order valence-corrected chi connectivity index (χ3v) is 4.85. The Labute approximate surface area is 167 Å². The van der Waals surface area contributed by atoms with Crippen molar-refractivity contribution in [2.45, 2.75) is 26.3 Å². The zero-order valence-electron chi connectivity index (χ0n) is 16.4. The van der Waals surface area contributed by atoms with Gasteiger partial charge < -0.3 is 9.72 Å². The lowest BCUT2D eigenvalue weighted by molar-refractivity contribution is 0.407. The number of benzene rings is 1. The third-order valence-electron chi connectivity index (χ3n) is 4.85. The molecular weight excluding hydrogens is 368 g/mol. The molecule has 0 unspecified atom stereocenters. The summed E-state index contributed by atoms with van der Waals surface area (Å²) >= 11 is 0.